The zero-order chi connectivity index (χ0) is 11.8. The Hall–Kier alpha value is 0.360. The van der Waals surface area contributed by atoms with Crippen LogP contribution in [0.15, 0.2) is 0 Å². The number of alkyl halides is 1. The summed E-state index contributed by atoms with van der Waals surface area (Å²) in [6.45, 7) is 8.72. The van der Waals surface area contributed by atoms with Crippen LogP contribution in [0.5, 0.6) is 0 Å². The smallest absolute Gasteiger partial charge is 0.0110 e. The fourth-order valence-electron chi connectivity index (χ4n) is 2.01. The normalized spacial score (nSPS) is 19.5. The van der Waals surface area contributed by atoms with Crippen molar-refractivity contribution in [3.05, 3.63) is 0 Å². The number of piperazine rings is 1. The van der Waals surface area contributed by atoms with Crippen LogP contribution in [-0.4, -0.2) is 79.9 Å². The number of unbranched alkanes of at least 4 members (excludes halogenated alkanes) is 1. The molecule has 1 aliphatic rings. The molecule has 1 fully saturated rings. The van der Waals surface area contributed by atoms with Crippen LogP contribution in [0.1, 0.15) is 12.8 Å². The van der Waals surface area contributed by atoms with Crippen LogP contribution in [0.2, 0.25) is 0 Å². The van der Waals surface area contributed by atoms with Crippen LogP contribution in [0, 0.1) is 0 Å². The van der Waals surface area contributed by atoms with Gasteiger partial charge in [-0.25, -0.2) is 0 Å². The Bertz CT molecular complexity index is 168. The number of likely N-dealkylation sites (N-methyl/N-ethyl adjacent to an activating group) is 1. The molecule has 0 bridgehead atoms. The van der Waals surface area contributed by atoms with Crippen molar-refractivity contribution in [3.63, 3.8) is 0 Å². The van der Waals surface area contributed by atoms with Crippen molar-refractivity contribution >= 4 is 15.9 Å². The second-order valence-corrected chi connectivity index (χ2v) is 5.68. The van der Waals surface area contributed by atoms with Gasteiger partial charge in [-0.15, -0.1) is 0 Å². The highest BCUT2D eigenvalue weighted by Gasteiger charge is 2.15. The molecule has 0 atom stereocenters. The molecular weight excluding hydrogens is 266 g/mol. The first kappa shape index (κ1) is 14.4. The molecule has 1 rings (SSSR count). The fraction of sp³-hybridized carbons (Fsp3) is 1.00. The Kier molecular flexibility index (Phi) is 7.62. The molecule has 0 spiro atoms. The molecule has 4 heteroatoms. The highest BCUT2D eigenvalue weighted by molar-refractivity contribution is 9.09. The number of hydrogen-bond donors (Lipinski definition) is 0. The van der Waals surface area contributed by atoms with Gasteiger partial charge in [-0.3, -0.25) is 4.90 Å². The second kappa shape index (κ2) is 8.45. The first-order chi connectivity index (χ1) is 7.72. The maximum absolute atomic E-state index is 3.49. The lowest BCUT2D eigenvalue weighted by Gasteiger charge is -2.35. The molecular formula is C12H26BrN3. The molecule has 0 saturated carbocycles. The highest BCUT2D eigenvalue weighted by atomic mass is 79.9. The SMILES string of the molecule is CN(C)CCN1CCN(CCCCBr)CC1. The van der Waals surface area contributed by atoms with Crippen molar-refractivity contribution < 1.29 is 0 Å². The van der Waals surface area contributed by atoms with E-state index in [2.05, 4.69) is 44.7 Å². The van der Waals surface area contributed by atoms with Gasteiger partial charge in [-0.2, -0.15) is 0 Å². The number of nitrogens with zero attached hydrogens (tertiary/aromatic N) is 3. The minimum absolute atomic E-state index is 1.15. The van der Waals surface area contributed by atoms with Crippen LogP contribution in [0.3, 0.4) is 0 Å². The Labute approximate surface area is 109 Å². The van der Waals surface area contributed by atoms with Crippen molar-refractivity contribution in [1.29, 1.82) is 0 Å². The summed E-state index contributed by atoms with van der Waals surface area (Å²) in [5.74, 6) is 0. The first-order valence-corrected chi connectivity index (χ1v) is 7.50. The molecule has 3 nitrogen and oxygen atoms in total. The van der Waals surface area contributed by atoms with E-state index in [1.54, 1.807) is 0 Å². The molecule has 0 N–H and O–H groups in total. The molecule has 1 saturated heterocycles. The van der Waals surface area contributed by atoms with Crippen molar-refractivity contribution in [1.82, 2.24) is 14.7 Å². The quantitative estimate of drug-likeness (QED) is 0.518. The molecule has 1 aliphatic heterocycles. The van der Waals surface area contributed by atoms with Gasteiger partial charge in [0.25, 0.3) is 0 Å². The Balaban J connectivity index is 2.04. The summed E-state index contributed by atoms with van der Waals surface area (Å²) < 4.78 is 0. The predicted molar refractivity (Wildman–Crippen MR) is 74.5 cm³/mol. The van der Waals surface area contributed by atoms with E-state index in [4.69, 9.17) is 0 Å². The van der Waals surface area contributed by atoms with Crippen LogP contribution < -0.4 is 0 Å². The van der Waals surface area contributed by atoms with Gasteiger partial charge in [-0.1, -0.05) is 15.9 Å². The van der Waals surface area contributed by atoms with E-state index in [1.165, 1.54) is 58.7 Å². The van der Waals surface area contributed by atoms with Gasteiger partial charge in [0.15, 0.2) is 0 Å². The standard InChI is InChI=1S/C12H26BrN3/c1-14(2)7-8-16-11-9-15(10-12-16)6-4-3-5-13/h3-12H2,1-2H3. The topological polar surface area (TPSA) is 9.72 Å². The molecule has 0 aromatic carbocycles. The first-order valence-electron chi connectivity index (χ1n) is 6.38. The minimum Gasteiger partial charge on any atom is -0.308 e. The zero-order valence-corrected chi connectivity index (χ0v) is 12.4. The molecule has 0 aliphatic carbocycles. The van der Waals surface area contributed by atoms with Crippen molar-refractivity contribution in [2.45, 2.75) is 12.8 Å². The highest BCUT2D eigenvalue weighted by Crippen LogP contribution is 2.04. The third-order valence-electron chi connectivity index (χ3n) is 3.19. The number of halogens is 1. The van der Waals surface area contributed by atoms with Crippen LogP contribution in [0.4, 0.5) is 0 Å². The summed E-state index contributed by atoms with van der Waals surface area (Å²) in [5, 5.41) is 1.15. The van der Waals surface area contributed by atoms with E-state index in [-0.39, 0.29) is 0 Å². The summed E-state index contributed by atoms with van der Waals surface area (Å²) in [6.07, 6.45) is 2.64. The molecule has 1 heterocycles. The summed E-state index contributed by atoms with van der Waals surface area (Å²) in [7, 11) is 4.30. The Morgan fingerprint density at radius 1 is 0.938 bits per heavy atom. The predicted octanol–water partition coefficient (Wildman–Crippen LogP) is 1.34. The van der Waals surface area contributed by atoms with Gasteiger partial charge in [0.2, 0.25) is 0 Å². The largest absolute Gasteiger partial charge is 0.308 e. The van der Waals surface area contributed by atoms with Crippen molar-refractivity contribution in [2.24, 2.45) is 0 Å². The van der Waals surface area contributed by atoms with Gasteiger partial charge in [0, 0.05) is 44.6 Å². The lowest BCUT2D eigenvalue weighted by atomic mass is 10.2. The number of hydrogen-bond acceptors (Lipinski definition) is 3. The van der Waals surface area contributed by atoms with Crippen molar-refractivity contribution in [3.8, 4) is 0 Å². The molecule has 0 aromatic rings. The summed E-state index contributed by atoms with van der Waals surface area (Å²) >= 11 is 3.49. The molecule has 0 amide bonds. The minimum atomic E-state index is 1.15. The van der Waals surface area contributed by atoms with E-state index in [0.717, 1.165) is 5.33 Å². The van der Waals surface area contributed by atoms with E-state index in [1.807, 2.05) is 0 Å². The lowest BCUT2D eigenvalue weighted by molar-refractivity contribution is 0.124. The summed E-state index contributed by atoms with van der Waals surface area (Å²) in [6, 6.07) is 0. The van der Waals surface area contributed by atoms with E-state index in [9.17, 15) is 0 Å². The van der Waals surface area contributed by atoms with Gasteiger partial charge >= 0.3 is 0 Å². The molecule has 0 radical (unpaired) electrons. The fourth-order valence-corrected chi connectivity index (χ4v) is 2.40. The lowest BCUT2D eigenvalue weighted by Crippen LogP contribution is -2.48. The molecule has 0 unspecified atom stereocenters. The van der Waals surface area contributed by atoms with Gasteiger partial charge < -0.3 is 9.80 Å². The van der Waals surface area contributed by atoms with E-state index < -0.39 is 0 Å². The molecule has 16 heavy (non-hydrogen) atoms. The summed E-state index contributed by atoms with van der Waals surface area (Å²) in [5.41, 5.74) is 0. The second-order valence-electron chi connectivity index (χ2n) is 4.88. The average Bonchev–Trinajstić information content (AvgIpc) is 2.28. The average molecular weight is 292 g/mol. The van der Waals surface area contributed by atoms with Crippen molar-refractivity contribution in [2.75, 3.05) is 65.2 Å². The molecule has 0 aromatic heterocycles. The van der Waals surface area contributed by atoms with E-state index >= 15 is 0 Å². The maximum Gasteiger partial charge on any atom is 0.0110 e. The monoisotopic (exact) mass is 291 g/mol. The van der Waals surface area contributed by atoms with Crippen LogP contribution in [0.25, 0.3) is 0 Å². The van der Waals surface area contributed by atoms with E-state index in [0.29, 0.717) is 0 Å². The van der Waals surface area contributed by atoms with Gasteiger partial charge in [-0.05, 0) is 33.5 Å². The maximum atomic E-state index is 3.49. The molecule has 96 valence electrons. The summed E-state index contributed by atoms with van der Waals surface area (Å²) in [4.78, 5) is 7.46. The van der Waals surface area contributed by atoms with Gasteiger partial charge in [0.05, 0.1) is 0 Å². The van der Waals surface area contributed by atoms with Crippen LogP contribution >= 0.6 is 15.9 Å². The Morgan fingerprint density at radius 3 is 2.00 bits per heavy atom. The number of rotatable bonds is 7. The van der Waals surface area contributed by atoms with Gasteiger partial charge in [0.1, 0.15) is 0 Å². The zero-order valence-electron chi connectivity index (χ0n) is 10.8. The van der Waals surface area contributed by atoms with Crippen LogP contribution in [-0.2, 0) is 0 Å². The Morgan fingerprint density at radius 2 is 1.50 bits per heavy atom. The third-order valence-corrected chi connectivity index (χ3v) is 3.75. The third kappa shape index (κ3) is 6.18.